The van der Waals surface area contributed by atoms with E-state index in [2.05, 4.69) is 0 Å². The average molecular weight is 317 g/mol. The van der Waals surface area contributed by atoms with E-state index in [0.29, 0.717) is 24.3 Å². The van der Waals surface area contributed by atoms with Gasteiger partial charge in [-0.15, -0.1) is 0 Å². The number of nitro groups is 1. The molecule has 0 aromatic heterocycles. The SMILES string of the molecule is CC(C)(C)c1ccc(CC(=O)CC2CCCCC2)cc1[N+](=O)[O-]. The number of rotatable bonds is 5. The summed E-state index contributed by atoms with van der Waals surface area (Å²) in [6.07, 6.45) is 6.96. The Balaban J connectivity index is 2.09. The lowest BCUT2D eigenvalue weighted by atomic mass is 9.83. The van der Waals surface area contributed by atoms with E-state index in [4.69, 9.17) is 0 Å². The van der Waals surface area contributed by atoms with Crippen molar-refractivity contribution in [2.75, 3.05) is 0 Å². The van der Waals surface area contributed by atoms with Gasteiger partial charge in [0.1, 0.15) is 5.78 Å². The summed E-state index contributed by atoms with van der Waals surface area (Å²) in [7, 11) is 0. The number of hydrogen-bond donors (Lipinski definition) is 0. The number of nitro benzene ring substituents is 1. The minimum Gasteiger partial charge on any atom is -0.299 e. The smallest absolute Gasteiger partial charge is 0.273 e. The molecular formula is C19H27NO3. The first-order valence-corrected chi connectivity index (χ1v) is 8.57. The topological polar surface area (TPSA) is 60.2 Å². The van der Waals surface area contributed by atoms with Crippen LogP contribution in [-0.4, -0.2) is 10.7 Å². The molecule has 0 bridgehead atoms. The first kappa shape index (κ1) is 17.6. The maximum absolute atomic E-state index is 12.3. The quantitative estimate of drug-likeness (QED) is 0.568. The number of ketones is 1. The normalized spacial score (nSPS) is 16.3. The number of carbonyl (C=O) groups excluding carboxylic acids is 1. The largest absolute Gasteiger partial charge is 0.299 e. The van der Waals surface area contributed by atoms with E-state index in [1.54, 1.807) is 12.1 Å². The number of benzene rings is 1. The first-order valence-electron chi connectivity index (χ1n) is 8.57. The molecule has 23 heavy (non-hydrogen) atoms. The standard InChI is InChI=1S/C19H27NO3/c1-19(2,3)17-10-9-15(13-18(17)20(22)23)12-16(21)11-14-7-5-4-6-8-14/h9-10,13-14H,4-8,11-12H2,1-3H3. The van der Waals surface area contributed by atoms with Gasteiger partial charge in [-0.3, -0.25) is 14.9 Å². The van der Waals surface area contributed by atoms with Crippen molar-refractivity contribution in [3.63, 3.8) is 0 Å². The summed E-state index contributed by atoms with van der Waals surface area (Å²) in [5.74, 6) is 0.717. The summed E-state index contributed by atoms with van der Waals surface area (Å²) in [6, 6.07) is 5.26. The maximum atomic E-state index is 12.3. The fourth-order valence-corrected chi connectivity index (χ4v) is 3.49. The summed E-state index contributed by atoms with van der Waals surface area (Å²) >= 11 is 0. The lowest BCUT2D eigenvalue weighted by Crippen LogP contribution is -2.15. The molecule has 126 valence electrons. The molecule has 4 nitrogen and oxygen atoms in total. The molecule has 0 heterocycles. The van der Waals surface area contributed by atoms with Crippen LogP contribution in [0, 0.1) is 16.0 Å². The average Bonchev–Trinajstić information content (AvgIpc) is 2.46. The molecule has 2 rings (SSSR count). The summed E-state index contributed by atoms with van der Waals surface area (Å²) in [5, 5.41) is 11.3. The highest BCUT2D eigenvalue weighted by Gasteiger charge is 2.25. The van der Waals surface area contributed by atoms with Crippen LogP contribution in [0.1, 0.15) is 70.4 Å². The molecule has 0 unspecified atom stereocenters. The lowest BCUT2D eigenvalue weighted by molar-refractivity contribution is -0.386. The molecule has 1 aromatic carbocycles. The molecule has 0 N–H and O–H groups in total. The number of hydrogen-bond acceptors (Lipinski definition) is 3. The minimum absolute atomic E-state index is 0.125. The van der Waals surface area contributed by atoms with E-state index in [0.717, 1.165) is 18.4 Å². The van der Waals surface area contributed by atoms with Crippen LogP contribution in [0.4, 0.5) is 5.69 Å². The molecule has 0 radical (unpaired) electrons. The second-order valence-electron chi connectivity index (χ2n) is 7.78. The summed E-state index contributed by atoms with van der Waals surface area (Å²) in [4.78, 5) is 23.3. The third-order valence-electron chi connectivity index (χ3n) is 4.71. The Morgan fingerprint density at radius 1 is 1.22 bits per heavy atom. The third kappa shape index (κ3) is 4.88. The monoisotopic (exact) mass is 317 g/mol. The van der Waals surface area contributed by atoms with Gasteiger partial charge in [-0.2, -0.15) is 0 Å². The van der Waals surface area contributed by atoms with Crippen molar-refractivity contribution in [3.8, 4) is 0 Å². The second kappa shape index (κ2) is 7.24. The van der Waals surface area contributed by atoms with Crippen LogP contribution in [0.15, 0.2) is 18.2 Å². The Labute approximate surface area is 138 Å². The molecule has 0 atom stereocenters. The Morgan fingerprint density at radius 2 is 1.87 bits per heavy atom. The van der Waals surface area contributed by atoms with E-state index in [-0.39, 0.29) is 21.8 Å². The molecule has 0 aliphatic heterocycles. The molecule has 0 spiro atoms. The second-order valence-corrected chi connectivity index (χ2v) is 7.78. The Kier molecular flexibility index (Phi) is 5.55. The Morgan fingerprint density at radius 3 is 2.43 bits per heavy atom. The van der Waals surface area contributed by atoms with Crippen molar-refractivity contribution in [1.82, 2.24) is 0 Å². The van der Waals surface area contributed by atoms with Gasteiger partial charge in [0, 0.05) is 24.5 Å². The van der Waals surface area contributed by atoms with Crippen molar-refractivity contribution < 1.29 is 9.72 Å². The molecule has 1 saturated carbocycles. The summed E-state index contributed by atoms with van der Waals surface area (Å²) in [5.41, 5.74) is 1.31. The van der Waals surface area contributed by atoms with Crippen LogP contribution >= 0.6 is 0 Å². The molecule has 1 aromatic rings. The lowest BCUT2D eigenvalue weighted by Gasteiger charge is -2.21. The van der Waals surface area contributed by atoms with Crippen molar-refractivity contribution >= 4 is 11.5 Å². The fraction of sp³-hybridized carbons (Fsp3) is 0.632. The molecular weight excluding hydrogens is 290 g/mol. The molecule has 1 aliphatic rings. The molecule has 1 fully saturated rings. The van der Waals surface area contributed by atoms with Gasteiger partial charge in [0.05, 0.1) is 4.92 Å². The van der Waals surface area contributed by atoms with Crippen molar-refractivity contribution in [1.29, 1.82) is 0 Å². The van der Waals surface area contributed by atoms with Gasteiger partial charge >= 0.3 is 0 Å². The van der Waals surface area contributed by atoms with Gasteiger partial charge < -0.3 is 0 Å². The predicted octanol–water partition coefficient (Wildman–Crippen LogP) is 4.97. The van der Waals surface area contributed by atoms with E-state index >= 15 is 0 Å². The molecule has 1 aliphatic carbocycles. The van der Waals surface area contributed by atoms with Gasteiger partial charge in [-0.25, -0.2) is 0 Å². The van der Waals surface area contributed by atoms with E-state index in [9.17, 15) is 14.9 Å². The van der Waals surface area contributed by atoms with Crippen molar-refractivity contribution in [3.05, 3.63) is 39.4 Å². The highest BCUT2D eigenvalue weighted by atomic mass is 16.6. The predicted molar refractivity (Wildman–Crippen MR) is 91.7 cm³/mol. The van der Waals surface area contributed by atoms with Crippen LogP contribution < -0.4 is 0 Å². The zero-order chi connectivity index (χ0) is 17.0. The number of carbonyl (C=O) groups is 1. The summed E-state index contributed by atoms with van der Waals surface area (Å²) < 4.78 is 0. The zero-order valence-corrected chi connectivity index (χ0v) is 14.4. The van der Waals surface area contributed by atoms with Crippen LogP contribution in [0.25, 0.3) is 0 Å². The Bertz CT molecular complexity index is 581. The molecule has 4 heteroatoms. The van der Waals surface area contributed by atoms with Crippen LogP contribution in [-0.2, 0) is 16.6 Å². The minimum atomic E-state index is -0.338. The van der Waals surface area contributed by atoms with Crippen molar-refractivity contribution in [2.24, 2.45) is 5.92 Å². The molecule has 0 saturated heterocycles. The van der Waals surface area contributed by atoms with Crippen molar-refractivity contribution in [2.45, 2.75) is 71.1 Å². The van der Waals surface area contributed by atoms with Gasteiger partial charge in [-0.05, 0) is 16.9 Å². The maximum Gasteiger partial charge on any atom is 0.273 e. The summed E-state index contributed by atoms with van der Waals surface area (Å²) in [6.45, 7) is 5.88. The van der Waals surface area contributed by atoms with E-state index in [1.807, 2.05) is 26.8 Å². The van der Waals surface area contributed by atoms with E-state index < -0.39 is 0 Å². The van der Waals surface area contributed by atoms with Crippen LogP contribution in [0.5, 0.6) is 0 Å². The van der Waals surface area contributed by atoms with Gasteiger partial charge in [-0.1, -0.05) is 65.0 Å². The van der Waals surface area contributed by atoms with E-state index in [1.165, 1.54) is 19.3 Å². The highest BCUT2D eigenvalue weighted by Crippen LogP contribution is 2.32. The fourth-order valence-electron chi connectivity index (χ4n) is 3.49. The van der Waals surface area contributed by atoms with Gasteiger partial charge in [0.25, 0.3) is 5.69 Å². The zero-order valence-electron chi connectivity index (χ0n) is 14.4. The van der Waals surface area contributed by atoms with Crippen LogP contribution in [0.3, 0.4) is 0 Å². The first-order chi connectivity index (χ1) is 10.8. The van der Waals surface area contributed by atoms with Gasteiger partial charge in [0.2, 0.25) is 0 Å². The number of Topliss-reactive ketones (excluding diaryl/α,β-unsaturated/α-hetero) is 1. The Hall–Kier alpha value is -1.71. The molecule has 0 amide bonds. The highest BCUT2D eigenvalue weighted by molar-refractivity contribution is 5.81. The third-order valence-corrected chi connectivity index (χ3v) is 4.71. The van der Waals surface area contributed by atoms with Gasteiger partial charge in [0.15, 0.2) is 0 Å². The van der Waals surface area contributed by atoms with Crippen LogP contribution in [0.2, 0.25) is 0 Å². The number of nitrogens with zero attached hydrogens (tertiary/aromatic N) is 1.